The van der Waals surface area contributed by atoms with E-state index in [1.54, 1.807) is 19.2 Å². The molecule has 0 aliphatic carbocycles. The van der Waals surface area contributed by atoms with Gasteiger partial charge in [0.05, 0.1) is 13.7 Å². The van der Waals surface area contributed by atoms with E-state index < -0.39 is 49.0 Å². The number of aromatic carboxylic acids is 1. The van der Waals surface area contributed by atoms with Crippen molar-refractivity contribution in [2.75, 3.05) is 13.7 Å². The number of methoxy groups -OCH3 is 1. The van der Waals surface area contributed by atoms with Gasteiger partial charge in [-0.3, -0.25) is 0 Å². The number of aliphatic hydroxyl groups excluding tert-OH is 4. The number of carboxylic acid groups (broad SMARTS) is 1. The van der Waals surface area contributed by atoms with Gasteiger partial charge in [-0.1, -0.05) is 12.1 Å². The molecular formula is C22H26O10. The van der Waals surface area contributed by atoms with Crippen LogP contribution in [0.1, 0.15) is 21.5 Å². The number of carbonyl (C=O) groups is 1. The van der Waals surface area contributed by atoms with Gasteiger partial charge in [-0.25, -0.2) is 4.79 Å². The van der Waals surface area contributed by atoms with Crippen molar-refractivity contribution >= 4 is 5.97 Å². The monoisotopic (exact) mass is 450 g/mol. The van der Waals surface area contributed by atoms with Gasteiger partial charge in [0, 0.05) is 6.07 Å². The Hall–Kier alpha value is -2.89. The third-order valence-corrected chi connectivity index (χ3v) is 5.33. The second-order valence-corrected chi connectivity index (χ2v) is 7.44. The highest BCUT2D eigenvalue weighted by atomic mass is 16.7. The van der Waals surface area contributed by atoms with Crippen LogP contribution >= 0.6 is 0 Å². The van der Waals surface area contributed by atoms with Crippen molar-refractivity contribution in [1.82, 2.24) is 0 Å². The molecule has 2 aromatic carbocycles. The fourth-order valence-electron chi connectivity index (χ4n) is 3.54. The first kappa shape index (κ1) is 23.8. The maximum Gasteiger partial charge on any atom is 0.339 e. The minimum Gasteiger partial charge on any atom is -0.507 e. The Morgan fingerprint density at radius 2 is 1.69 bits per heavy atom. The number of rotatable bonds is 8. The van der Waals surface area contributed by atoms with Crippen LogP contribution < -0.4 is 9.47 Å². The molecule has 0 amide bonds. The smallest absolute Gasteiger partial charge is 0.339 e. The molecule has 174 valence electrons. The Balaban J connectivity index is 1.82. The summed E-state index contributed by atoms with van der Waals surface area (Å²) in [6, 6.07) is 9.70. The van der Waals surface area contributed by atoms with Crippen LogP contribution in [0.3, 0.4) is 0 Å². The third-order valence-electron chi connectivity index (χ3n) is 5.33. The Labute approximate surface area is 183 Å². The minimum absolute atomic E-state index is 0.0124. The van der Waals surface area contributed by atoms with E-state index in [4.69, 9.17) is 14.2 Å². The van der Waals surface area contributed by atoms with E-state index in [-0.39, 0.29) is 23.3 Å². The molecule has 0 unspecified atom stereocenters. The summed E-state index contributed by atoms with van der Waals surface area (Å²) < 4.78 is 15.9. The summed E-state index contributed by atoms with van der Waals surface area (Å²) >= 11 is 0. The molecule has 1 aliphatic heterocycles. The summed E-state index contributed by atoms with van der Waals surface area (Å²) in [5.74, 6) is -1.18. The second-order valence-electron chi connectivity index (χ2n) is 7.44. The number of phenols is 1. The van der Waals surface area contributed by atoms with Crippen molar-refractivity contribution < 1.29 is 49.6 Å². The van der Waals surface area contributed by atoms with Crippen molar-refractivity contribution in [2.45, 2.75) is 43.5 Å². The number of hydrogen-bond donors (Lipinski definition) is 6. The van der Waals surface area contributed by atoms with E-state index in [0.29, 0.717) is 12.2 Å². The molecule has 1 aliphatic rings. The summed E-state index contributed by atoms with van der Waals surface area (Å²) in [5.41, 5.74) is 0.925. The van der Waals surface area contributed by atoms with Gasteiger partial charge in [0.1, 0.15) is 47.2 Å². The standard InChI is InChI=1S/C22H26O10/c1-30-13-6-3-11(4-7-13)2-5-12-8-14(9-15(24)17(12)21(28)29)31-22-20(27)19(26)18(25)16(10-23)32-22/h3-4,6-9,16,18-20,22-27H,2,5,10H2,1H3,(H,28,29)/t16-,18-,19+,20-,22-/m1/s1. The van der Waals surface area contributed by atoms with Crippen molar-refractivity contribution in [3.05, 3.63) is 53.1 Å². The van der Waals surface area contributed by atoms with Crippen LogP contribution in [0.4, 0.5) is 0 Å². The van der Waals surface area contributed by atoms with Gasteiger partial charge in [0.25, 0.3) is 0 Å². The molecular weight excluding hydrogens is 424 g/mol. The van der Waals surface area contributed by atoms with E-state index >= 15 is 0 Å². The van der Waals surface area contributed by atoms with Gasteiger partial charge in [-0.05, 0) is 42.2 Å². The molecule has 2 aromatic rings. The summed E-state index contributed by atoms with van der Waals surface area (Å²) in [6.07, 6.45) is -6.72. The summed E-state index contributed by atoms with van der Waals surface area (Å²) in [6.45, 7) is -0.624. The van der Waals surface area contributed by atoms with Crippen LogP contribution in [0, 0.1) is 0 Å². The topological polar surface area (TPSA) is 166 Å². The SMILES string of the molecule is COc1ccc(CCc2cc(O[C@@H]3O[C@H](CO)[C@@H](O)[C@H](O)[C@H]3O)cc(O)c2C(=O)O)cc1. The molecule has 1 saturated heterocycles. The molecule has 1 heterocycles. The van der Waals surface area contributed by atoms with E-state index in [0.717, 1.165) is 11.6 Å². The fourth-order valence-corrected chi connectivity index (χ4v) is 3.54. The number of ether oxygens (including phenoxy) is 3. The molecule has 32 heavy (non-hydrogen) atoms. The van der Waals surface area contributed by atoms with E-state index in [1.165, 1.54) is 6.07 Å². The zero-order valence-corrected chi connectivity index (χ0v) is 17.3. The van der Waals surface area contributed by atoms with E-state index in [1.807, 2.05) is 12.1 Å². The fraction of sp³-hybridized carbons (Fsp3) is 0.409. The highest BCUT2D eigenvalue weighted by Crippen LogP contribution is 2.32. The number of aliphatic hydroxyl groups is 4. The van der Waals surface area contributed by atoms with Crippen molar-refractivity contribution in [3.8, 4) is 17.2 Å². The van der Waals surface area contributed by atoms with Crippen molar-refractivity contribution in [1.29, 1.82) is 0 Å². The molecule has 0 bridgehead atoms. The van der Waals surface area contributed by atoms with Gasteiger partial charge in [-0.15, -0.1) is 0 Å². The van der Waals surface area contributed by atoms with Gasteiger partial charge in [0.2, 0.25) is 6.29 Å². The quantitative estimate of drug-likeness (QED) is 0.324. The largest absolute Gasteiger partial charge is 0.507 e. The van der Waals surface area contributed by atoms with Gasteiger partial charge in [0.15, 0.2) is 0 Å². The summed E-state index contributed by atoms with van der Waals surface area (Å²) in [4.78, 5) is 11.7. The second kappa shape index (κ2) is 10.2. The molecule has 1 fully saturated rings. The van der Waals surface area contributed by atoms with Crippen LogP contribution in [0.5, 0.6) is 17.2 Å². The van der Waals surface area contributed by atoms with Crippen molar-refractivity contribution in [2.24, 2.45) is 0 Å². The molecule has 0 radical (unpaired) electrons. The molecule has 0 spiro atoms. The highest BCUT2D eigenvalue weighted by Gasteiger charge is 2.44. The number of aromatic hydroxyl groups is 1. The molecule has 10 nitrogen and oxygen atoms in total. The zero-order chi connectivity index (χ0) is 23.4. The first-order chi connectivity index (χ1) is 15.2. The molecule has 6 N–H and O–H groups in total. The molecule has 0 aromatic heterocycles. The van der Waals surface area contributed by atoms with Gasteiger partial charge < -0.3 is 44.8 Å². The Morgan fingerprint density at radius 1 is 1.00 bits per heavy atom. The Morgan fingerprint density at radius 3 is 2.28 bits per heavy atom. The molecule has 0 saturated carbocycles. The van der Waals surface area contributed by atoms with Gasteiger partial charge >= 0.3 is 5.97 Å². The van der Waals surface area contributed by atoms with Crippen LogP contribution in [-0.2, 0) is 17.6 Å². The predicted molar refractivity (Wildman–Crippen MR) is 110 cm³/mol. The number of hydrogen-bond acceptors (Lipinski definition) is 9. The van der Waals surface area contributed by atoms with Crippen LogP contribution in [0.2, 0.25) is 0 Å². The highest BCUT2D eigenvalue weighted by molar-refractivity contribution is 5.93. The average molecular weight is 450 g/mol. The van der Waals surface area contributed by atoms with E-state index in [9.17, 15) is 35.4 Å². The first-order valence-corrected chi connectivity index (χ1v) is 9.94. The molecule has 5 atom stereocenters. The first-order valence-electron chi connectivity index (χ1n) is 9.94. The molecule has 3 rings (SSSR count). The normalized spacial score (nSPS) is 25.3. The Bertz CT molecular complexity index is 927. The number of benzene rings is 2. The van der Waals surface area contributed by atoms with Crippen LogP contribution in [-0.4, -0.2) is 81.0 Å². The summed E-state index contributed by atoms with van der Waals surface area (Å²) in [7, 11) is 1.55. The zero-order valence-electron chi connectivity index (χ0n) is 17.3. The number of carboxylic acids is 1. The maximum atomic E-state index is 11.7. The lowest BCUT2D eigenvalue weighted by Crippen LogP contribution is -2.60. The van der Waals surface area contributed by atoms with Gasteiger partial charge in [-0.2, -0.15) is 0 Å². The minimum atomic E-state index is -1.64. The lowest BCUT2D eigenvalue weighted by Gasteiger charge is -2.39. The van der Waals surface area contributed by atoms with Crippen LogP contribution in [0.15, 0.2) is 36.4 Å². The maximum absolute atomic E-state index is 11.7. The third kappa shape index (κ3) is 5.12. The number of aryl methyl sites for hydroxylation is 2. The summed E-state index contributed by atoms with van der Waals surface area (Å²) in [5, 5.41) is 59.0. The lowest BCUT2D eigenvalue weighted by molar-refractivity contribution is -0.277. The average Bonchev–Trinajstić information content (AvgIpc) is 2.77. The van der Waals surface area contributed by atoms with Crippen molar-refractivity contribution in [3.63, 3.8) is 0 Å². The van der Waals surface area contributed by atoms with Crippen LogP contribution in [0.25, 0.3) is 0 Å². The van der Waals surface area contributed by atoms with E-state index in [2.05, 4.69) is 0 Å². The molecule has 10 heteroatoms. The predicted octanol–water partition coefficient (Wildman–Crippen LogP) is 0.0629. The lowest BCUT2D eigenvalue weighted by atomic mass is 9.98. The Kier molecular flexibility index (Phi) is 7.54.